The highest BCUT2D eigenvalue weighted by Gasteiger charge is 2.11. The maximum absolute atomic E-state index is 5.41. The average Bonchev–Trinajstić information content (AvgIpc) is 2.49. The smallest absolute Gasteiger partial charge is 0.171 e. The van der Waals surface area contributed by atoms with Crippen LogP contribution in [0, 0.1) is 13.8 Å². The lowest BCUT2D eigenvalue weighted by atomic mass is 9.99. The number of rotatable bonds is 4. The van der Waals surface area contributed by atoms with Crippen LogP contribution in [0.4, 0.5) is 5.69 Å². The second-order valence-electron chi connectivity index (χ2n) is 5.27. The third kappa shape index (κ3) is 4.30. The second-order valence-corrected chi connectivity index (χ2v) is 5.68. The van der Waals surface area contributed by atoms with Crippen molar-refractivity contribution in [3.05, 3.63) is 65.2 Å². The standard InChI is InChI=1S/C18H22N2S/c1-4-17(15-11-10-13(2)14(3)12-15)20-18(21)19-16-8-6-5-7-9-16/h5-12,17H,4H2,1-3H3,(H2,19,20,21)/t17-/m0/s1. The van der Waals surface area contributed by atoms with Crippen molar-refractivity contribution in [2.75, 3.05) is 5.32 Å². The molecule has 21 heavy (non-hydrogen) atoms. The molecular formula is C18H22N2S. The molecule has 3 heteroatoms. The van der Waals surface area contributed by atoms with Gasteiger partial charge in [0.2, 0.25) is 0 Å². The van der Waals surface area contributed by atoms with Gasteiger partial charge >= 0.3 is 0 Å². The molecule has 0 aliphatic rings. The minimum atomic E-state index is 0.230. The van der Waals surface area contributed by atoms with Gasteiger partial charge in [0.05, 0.1) is 6.04 Å². The summed E-state index contributed by atoms with van der Waals surface area (Å²) in [5, 5.41) is 7.28. The van der Waals surface area contributed by atoms with Crippen LogP contribution in [0.15, 0.2) is 48.5 Å². The first-order valence-corrected chi connectivity index (χ1v) is 7.70. The molecule has 0 unspecified atom stereocenters. The third-order valence-electron chi connectivity index (χ3n) is 3.68. The molecule has 2 N–H and O–H groups in total. The van der Waals surface area contributed by atoms with E-state index in [4.69, 9.17) is 12.2 Å². The number of anilines is 1. The van der Waals surface area contributed by atoms with Crippen LogP contribution >= 0.6 is 12.2 Å². The molecule has 0 bridgehead atoms. The van der Waals surface area contributed by atoms with Crippen LogP contribution < -0.4 is 10.6 Å². The lowest BCUT2D eigenvalue weighted by Gasteiger charge is -2.21. The van der Waals surface area contributed by atoms with E-state index in [0.717, 1.165) is 12.1 Å². The van der Waals surface area contributed by atoms with Crippen LogP contribution in [-0.4, -0.2) is 5.11 Å². The van der Waals surface area contributed by atoms with Gasteiger partial charge in [-0.15, -0.1) is 0 Å². The van der Waals surface area contributed by atoms with Gasteiger partial charge in [-0.05, 0) is 61.3 Å². The van der Waals surface area contributed by atoms with Crippen LogP contribution in [0.25, 0.3) is 0 Å². The Kier molecular flexibility index (Phi) is 5.34. The molecule has 0 amide bonds. The zero-order valence-corrected chi connectivity index (χ0v) is 13.6. The Morgan fingerprint density at radius 2 is 1.76 bits per heavy atom. The number of para-hydroxylation sites is 1. The number of nitrogens with one attached hydrogen (secondary N) is 2. The quantitative estimate of drug-likeness (QED) is 0.797. The maximum Gasteiger partial charge on any atom is 0.171 e. The molecule has 0 heterocycles. The first kappa shape index (κ1) is 15.5. The fourth-order valence-corrected chi connectivity index (χ4v) is 2.51. The minimum Gasteiger partial charge on any atom is -0.356 e. The zero-order chi connectivity index (χ0) is 15.2. The van der Waals surface area contributed by atoms with E-state index in [2.05, 4.69) is 49.6 Å². The van der Waals surface area contributed by atoms with Crippen molar-refractivity contribution in [1.29, 1.82) is 0 Å². The minimum absolute atomic E-state index is 0.230. The summed E-state index contributed by atoms with van der Waals surface area (Å²) in [6.45, 7) is 6.44. The Balaban J connectivity index is 2.04. The highest BCUT2D eigenvalue weighted by Crippen LogP contribution is 2.20. The number of benzene rings is 2. The lowest BCUT2D eigenvalue weighted by Crippen LogP contribution is -2.32. The molecule has 2 nitrogen and oxygen atoms in total. The Morgan fingerprint density at radius 3 is 2.38 bits per heavy atom. The summed E-state index contributed by atoms with van der Waals surface area (Å²) in [6, 6.07) is 16.8. The average molecular weight is 298 g/mol. The Bertz CT molecular complexity index is 608. The van der Waals surface area contributed by atoms with Gasteiger partial charge in [0.25, 0.3) is 0 Å². The van der Waals surface area contributed by atoms with E-state index < -0.39 is 0 Å². The van der Waals surface area contributed by atoms with Crippen LogP contribution in [0.1, 0.15) is 36.1 Å². The number of hydrogen-bond acceptors (Lipinski definition) is 1. The van der Waals surface area contributed by atoms with Gasteiger partial charge in [0.15, 0.2) is 5.11 Å². The van der Waals surface area contributed by atoms with Crippen LogP contribution in [-0.2, 0) is 0 Å². The summed E-state index contributed by atoms with van der Waals surface area (Å²) in [5.41, 5.74) is 4.91. The summed E-state index contributed by atoms with van der Waals surface area (Å²) in [5.74, 6) is 0. The Hall–Kier alpha value is -1.87. The molecule has 2 aromatic carbocycles. The summed E-state index contributed by atoms with van der Waals surface area (Å²) in [4.78, 5) is 0. The third-order valence-corrected chi connectivity index (χ3v) is 3.90. The van der Waals surface area contributed by atoms with Crippen molar-refractivity contribution in [3.63, 3.8) is 0 Å². The van der Waals surface area contributed by atoms with Gasteiger partial charge in [-0.1, -0.05) is 43.3 Å². The molecule has 110 valence electrons. The molecule has 0 spiro atoms. The summed E-state index contributed by atoms with van der Waals surface area (Å²) in [6.07, 6.45) is 0.985. The van der Waals surface area contributed by atoms with Gasteiger partial charge in [0, 0.05) is 5.69 Å². The van der Waals surface area contributed by atoms with Crippen LogP contribution in [0.5, 0.6) is 0 Å². The molecule has 1 atom stereocenters. The van der Waals surface area contributed by atoms with Gasteiger partial charge in [-0.3, -0.25) is 0 Å². The van der Waals surface area contributed by atoms with Crippen molar-refractivity contribution in [3.8, 4) is 0 Å². The summed E-state index contributed by atoms with van der Waals surface area (Å²) < 4.78 is 0. The lowest BCUT2D eigenvalue weighted by molar-refractivity contribution is 0.628. The summed E-state index contributed by atoms with van der Waals surface area (Å²) in [7, 11) is 0. The molecule has 0 radical (unpaired) electrons. The molecule has 2 rings (SSSR count). The number of hydrogen-bond donors (Lipinski definition) is 2. The van der Waals surface area contributed by atoms with E-state index in [-0.39, 0.29) is 6.04 Å². The van der Waals surface area contributed by atoms with E-state index in [0.29, 0.717) is 5.11 Å². The molecule has 0 fully saturated rings. The first-order valence-electron chi connectivity index (χ1n) is 7.30. The summed E-state index contributed by atoms with van der Waals surface area (Å²) >= 11 is 5.41. The number of thiocarbonyl (C=S) groups is 1. The zero-order valence-electron chi connectivity index (χ0n) is 12.8. The van der Waals surface area contributed by atoms with Crippen LogP contribution in [0.3, 0.4) is 0 Å². The molecule has 0 aliphatic heterocycles. The second kappa shape index (κ2) is 7.23. The van der Waals surface area contributed by atoms with E-state index >= 15 is 0 Å². The van der Waals surface area contributed by atoms with Crippen molar-refractivity contribution < 1.29 is 0 Å². The highest BCUT2D eigenvalue weighted by molar-refractivity contribution is 7.80. The SMILES string of the molecule is CC[C@H](NC(=S)Nc1ccccc1)c1ccc(C)c(C)c1. The first-order chi connectivity index (χ1) is 10.1. The van der Waals surface area contributed by atoms with Crippen molar-refractivity contribution in [2.45, 2.75) is 33.2 Å². The largest absolute Gasteiger partial charge is 0.356 e. The number of aryl methyl sites for hydroxylation is 2. The van der Waals surface area contributed by atoms with Crippen molar-refractivity contribution in [1.82, 2.24) is 5.32 Å². The predicted octanol–water partition coefficient (Wildman–Crippen LogP) is 4.74. The molecule has 0 saturated heterocycles. The molecule has 0 saturated carbocycles. The normalized spacial score (nSPS) is 11.8. The van der Waals surface area contributed by atoms with Crippen LogP contribution in [0.2, 0.25) is 0 Å². The van der Waals surface area contributed by atoms with Gasteiger partial charge in [-0.2, -0.15) is 0 Å². The highest BCUT2D eigenvalue weighted by atomic mass is 32.1. The maximum atomic E-state index is 5.41. The van der Waals surface area contributed by atoms with Crippen molar-refractivity contribution >= 4 is 23.0 Å². The van der Waals surface area contributed by atoms with Gasteiger partial charge < -0.3 is 10.6 Å². The van der Waals surface area contributed by atoms with Gasteiger partial charge in [0.1, 0.15) is 0 Å². The Morgan fingerprint density at radius 1 is 1.05 bits per heavy atom. The van der Waals surface area contributed by atoms with Crippen molar-refractivity contribution in [2.24, 2.45) is 0 Å². The molecule has 0 aliphatic carbocycles. The van der Waals surface area contributed by atoms with E-state index in [1.54, 1.807) is 0 Å². The molecule has 2 aromatic rings. The monoisotopic (exact) mass is 298 g/mol. The van der Waals surface area contributed by atoms with E-state index in [1.807, 2.05) is 30.3 Å². The fraction of sp³-hybridized carbons (Fsp3) is 0.278. The van der Waals surface area contributed by atoms with E-state index in [1.165, 1.54) is 16.7 Å². The van der Waals surface area contributed by atoms with Gasteiger partial charge in [-0.25, -0.2) is 0 Å². The van der Waals surface area contributed by atoms with E-state index in [9.17, 15) is 0 Å². The predicted molar refractivity (Wildman–Crippen MR) is 94.7 cm³/mol. The Labute approximate surface area is 132 Å². The molecule has 0 aromatic heterocycles. The fourth-order valence-electron chi connectivity index (χ4n) is 2.25. The topological polar surface area (TPSA) is 24.1 Å². The molecular weight excluding hydrogens is 276 g/mol.